The first-order valence-electron chi connectivity index (χ1n) is 7.44. The van der Waals surface area contributed by atoms with Crippen molar-refractivity contribution in [3.63, 3.8) is 0 Å². The molecule has 0 aliphatic carbocycles. The third kappa shape index (κ3) is 3.65. The van der Waals surface area contributed by atoms with Crippen molar-refractivity contribution in [2.75, 3.05) is 13.7 Å². The number of para-hydroxylation sites is 1. The van der Waals surface area contributed by atoms with Gasteiger partial charge in [0, 0.05) is 10.9 Å². The average molecular weight is 343 g/mol. The number of carbonyl (C=O) groups excluding carboxylic acids is 2. The van der Waals surface area contributed by atoms with E-state index in [2.05, 4.69) is 5.16 Å². The van der Waals surface area contributed by atoms with Crippen LogP contribution in [0.5, 0.6) is 5.75 Å². The Bertz CT molecular complexity index is 934. The molecule has 25 heavy (non-hydrogen) atoms. The Morgan fingerprint density at radius 2 is 2.00 bits per heavy atom. The van der Waals surface area contributed by atoms with E-state index in [-0.39, 0.29) is 17.7 Å². The first-order chi connectivity index (χ1) is 12.1. The number of methoxy groups -OCH3 is 1. The Labute approximate surface area is 142 Å². The zero-order chi connectivity index (χ0) is 17.8. The molecule has 0 bridgehead atoms. The maximum Gasteiger partial charge on any atom is 0.312 e. The fourth-order valence-corrected chi connectivity index (χ4v) is 2.32. The highest BCUT2D eigenvalue weighted by Gasteiger charge is 2.16. The molecule has 3 rings (SSSR count). The van der Waals surface area contributed by atoms with Gasteiger partial charge in [0.15, 0.2) is 29.5 Å². The molecule has 2 aromatic carbocycles. The minimum absolute atomic E-state index is 0.0338. The van der Waals surface area contributed by atoms with E-state index in [0.29, 0.717) is 16.7 Å². The molecule has 0 saturated carbocycles. The molecule has 0 aliphatic rings. The Morgan fingerprint density at radius 3 is 2.76 bits per heavy atom. The van der Waals surface area contributed by atoms with Crippen LogP contribution in [-0.2, 0) is 16.0 Å². The van der Waals surface area contributed by atoms with Crippen molar-refractivity contribution < 1.29 is 28.0 Å². The molecule has 3 aromatic rings. The molecule has 0 radical (unpaired) electrons. The van der Waals surface area contributed by atoms with Crippen molar-refractivity contribution >= 4 is 22.7 Å². The highest BCUT2D eigenvalue weighted by atomic mass is 19.1. The summed E-state index contributed by atoms with van der Waals surface area (Å²) in [6.07, 6.45) is -0.124. The van der Waals surface area contributed by atoms with Gasteiger partial charge >= 0.3 is 5.97 Å². The smallest absolute Gasteiger partial charge is 0.312 e. The van der Waals surface area contributed by atoms with Crippen molar-refractivity contribution in [2.45, 2.75) is 6.42 Å². The standard InChI is InChI=1S/C18H14FNO5/c1-23-17-7-6-11(8-13(17)19)15(21)10-24-18(22)9-14-12-4-2-3-5-16(12)25-20-14/h2-8H,9-10H2,1H3. The second-order valence-electron chi connectivity index (χ2n) is 5.24. The van der Waals surface area contributed by atoms with Crippen LogP contribution in [0, 0.1) is 5.82 Å². The molecule has 0 spiro atoms. The Hall–Kier alpha value is -3.22. The van der Waals surface area contributed by atoms with E-state index in [1.165, 1.54) is 19.2 Å². The minimum atomic E-state index is -0.659. The molecule has 0 unspecified atom stereocenters. The monoisotopic (exact) mass is 343 g/mol. The lowest BCUT2D eigenvalue weighted by Gasteiger charge is -2.05. The maximum absolute atomic E-state index is 13.6. The molecule has 6 nitrogen and oxygen atoms in total. The second kappa shape index (κ2) is 7.12. The van der Waals surface area contributed by atoms with Gasteiger partial charge in [-0.05, 0) is 30.3 Å². The topological polar surface area (TPSA) is 78.6 Å². The van der Waals surface area contributed by atoms with E-state index in [4.69, 9.17) is 14.0 Å². The van der Waals surface area contributed by atoms with Crippen molar-refractivity contribution in [2.24, 2.45) is 0 Å². The van der Waals surface area contributed by atoms with E-state index >= 15 is 0 Å². The summed E-state index contributed by atoms with van der Waals surface area (Å²) >= 11 is 0. The molecule has 0 fully saturated rings. The number of fused-ring (bicyclic) bond motifs is 1. The SMILES string of the molecule is COc1ccc(C(=O)COC(=O)Cc2noc3ccccc23)cc1F. The van der Waals surface area contributed by atoms with Gasteiger partial charge in [-0.15, -0.1) is 0 Å². The first-order valence-corrected chi connectivity index (χ1v) is 7.44. The van der Waals surface area contributed by atoms with Crippen LogP contribution in [0.3, 0.4) is 0 Å². The number of esters is 1. The lowest BCUT2D eigenvalue weighted by Crippen LogP contribution is -2.16. The van der Waals surface area contributed by atoms with Crippen LogP contribution in [0.1, 0.15) is 16.1 Å². The van der Waals surface area contributed by atoms with Gasteiger partial charge < -0.3 is 14.0 Å². The molecular weight excluding hydrogens is 329 g/mol. The summed E-state index contributed by atoms with van der Waals surface area (Å²) in [5, 5.41) is 4.54. The number of ketones is 1. The van der Waals surface area contributed by atoms with Crippen molar-refractivity contribution in [3.05, 3.63) is 59.5 Å². The van der Waals surface area contributed by atoms with Gasteiger partial charge in [-0.3, -0.25) is 9.59 Å². The normalized spacial score (nSPS) is 10.6. The van der Waals surface area contributed by atoms with Crippen LogP contribution in [0.4, 0.5) is 4.39 Å². The number of Topliss-reactive ketones (excluding diaryl/α,β-unsaturated/α-hetero) is 1. The summed E-state index contributed by atoms with van der Waals surface area (Å²) in [5.41, 5.74) is 1.09. The van der Waals surface area contributed by atoms with Gasteiger partial charge in [-0.25, -0.2) is 4.39 Å². The van der Waals surface area contributed by atoms with Crippen molar-refractivity contribution in [3.8, 4) is 5.75 Å². The lowest BCUT2D eigenvalue weighted by atomic mass is 10.1. The van der Waals surface area contributed by atoms with E-state index in [9.17, 15) is 14.0 Å². The summed E-state index contributed by atoms with van der Waals surface area (Å²) in [5.74, 6) is -1.76. The number of nitrogens with zero attached hydrogens (tertiary/aromatic N) is 1. The summed E-state index contributed by atoms with van der Waals surface area (Å²) in [7, 11) is 1.33. The molecule has 1 aromatic heterocycles. The van der Waals surface area contributed by atoms with Gasteiger partial charge in [-0.2, -0.15) is 0 Å². The number of rotatable bonds is 6. The number of carbonyl (C=O) groups is 2. The van der Waals surface area contributed by atoms with Gasteiger partial charge in [0.1, 0.15) is 5.69 Å². The molecule has 0 saturated heterocycles. The lowest BCUT2D eigenvalue weighted by molar-refractivity contribution is -0.141. The average Bonchev–Trinajstić information content (AvgIpc) is 3.02. The number of halogens is 1. The number of benzene rings is 2. The summed E-state index contributed by atoms with van der Waals surface area (Å²) in [6.45, 7) is -0.486. The van der Waals surface area contributed by atoms with Gasteiger partial charge in [0.25, 0.3) is 0 Å². The van der Waals surface area contributed by atoms with E-state index in [1.807, 2.05) is 0 Å². The molecule has 0 N–H and O–H groups in total. The highest BCUT2D eigenvalue weighted by Crippen LogP contribution is 2.19. The fraction of sp³-hybridized carbons (Fsp3) is 0.167. The number of hydrogen-bond acceptors (Lipinski definition) is 6. The first kappa shape index (κ1) is 16.6. The molecule has 1 heterocycles. The van der Waals surface area contributed by atoms with E-state index in [1.54, 1.807) is 24.3 Å². The van der Waals surface area contributed by atoms with E-state index < -0.39 is 24.2 Å². The van der Waals surface area contributed by atoms with Crippen molar-refractivity contribution in [1.82, 2.24) is 5.16 Å². The minimum Gasteiger partial charge on any atom is -0.494 e. The molecular formula is C18H14FNO5. The molecule has 0 aliphatic heterocycles. The van der Waals surface area contributed by atoms with Crippen LogP contribution in [0.25, 0.3) is 11.0 Å². The Morgan fingerprint density at radius 1 is 1.20 bits per heavy atom. The summed E-state index contributed by atoms with van der Waals surface area (Å²) < 4.78 is 28.4. The molecule has 0 atom stereocenters. The zero-order valence-corrected chi connectivity index (χ0v) is 13.3. The van der Waals surface area contributed by atoms with Crippen LogP contribution in [0.15, 0.2) is 47.0 Å². The quantitative estimate of drug-likeness (QED) is 0.506. The van der Waals surface area contributed by atoms with Crippen molar-refractivity contribution in [1.29, 1.82) is 0 Å². The molecule has 128 valence electrons. The summed E-state index contributed by atoms with van der Waals surface area (Å²) in [6, 6.07) is 10.9. The van der Waals surface area contributed by atoms with Gasteiger partial charge in [0.05, 0.1) is 13.5 Å². The second-order valence-corrected chi connectivity index (χ2v) is 5.24. The van der Waals surface area contributed by atoms with Crippen LogP contribution in [-0.4, -0.2) is 30.6 Å². The number of ether oxygens (including phenoxy) is 2. The molecule has 7 heteroatoms. The zero-order valence-electron chi connectivity index (χ0n) is 13.3. The van der Waals surface area contributed by atoms with Crippen LogP contribution in [0.2, 0.25) is 0 Å². The summed E-state index contributed by atoms with van der Waals surface area (Å²) in [4.78, 5) is 23.9. The third-order valence-electron chi connectivity index (χ3n) is 3.60. The van der Waals surface area contributed by atoms with Crippen LogP contribution < -0.4 is 4.74 Å². The molecule has 0 amide bonds. The Balaban J connectivity index is 1.60. The maximum atomic E-state index is 13.6. The van der Waals surface area contributed by atoms with Gasteiger partial charge in [-0.1, -0.05) is 17.3 Å². The largest absolute Gasteiger partial charge is 0.494 e. The fourth-order valence-electron chi connectivity index (χ4n) is 2.32. The van der Waals surface area contributed by atoms with Gasteiger partial charge in [0.2, 0.25) is 0 Å². The number of hydrogen-bond donors (Lipinski definition) is 0. The number of aromatic nitrogens is 1. The van der Waals surface area contributed by atoms with E-state index in [0.717, 1.165) is 6.07 Å². The predicted octanol–water partition coefficient (Wildman–Crippen LogP) is 2.94. The van der Waals surface area contributed by atoms with Crippen LogP contribution >= 0.6 is 0 Å². The third-order valence-corrected chi connectivity index (χ3v) is 3.60. The Kier molecular flexibility index (Phi) is 4.74. The predicted molar refractivity (Wildman–Crippen MR) is 86.0 cm³/mol. The highest BCUT2D eigenvalue weighted by molar-refractivity contribution is 5.98.